The first-order chi connectivity index (χ1) is 19.2. The monoisotopic (exact) mass is 546 g/mol. The van der Waals surface area contributed by atoms with Crippen LogP contribution in [0.4, 0.5) is 0 Å². The van der Waals surface area contributed by atoms with E-state index in [1.807, 2.05) is 37.3 Å². The number of nitrogens with one attached hydrogen (secondary N) is 3. The number of esters is 1. The quantitative estimate of drug-likeness (QED) is 0.436. The molecule has 1 saturated heterocycles. The lowest BCUT2D eigenvalue weighted by Crippen LogP contribution is -2.55. The zero-order chi connectivity index (χ0) is 29.1. The number of carbonyl (C=O) groups excluding carboxylic acids is 4. The van der Waals surface area contributed by atoms with E-state index in [9.17, 15) is 24.4 Å². The summed E-state index contributed by atoms with van der Waals surface area (Å²) in [6.07, 6.45) is 1.96. The molecule has 1 fully saturated rings. The predicted molar refractivity (Wildman–Crippen MR) is 150 cm³/mol. The summed E-state index contributed by atoms with van der Waals surface area (Å²) in [5.41, 5.74) is 1.81. The van der Waals surface area contributed by atoms with E-state index in [-0.39, 0.29) is 25.2 Å². The van der Waals surface area contributed by atoms with Gasteiger partial charge in [0.1, 0.15) is 24.2 Å². The molecule has 9 nitrogen and oxygen atoms in total. The van der Waals surface area contributed by atoms with Gasteiger partial charge in [-0.25, -0.2) is 4.79 Å². The Hall–Kier alpha value is -4.19. The van der Waals surface area contributed by atoms with Gasteiger partial charge in [0.25, 0.3) is 0 Å². The molecule has 0 radical (unpaired) electrons. The van der Waals surface area contributed by atoms with E-state index in [1.165, 1.54) is 6.92 Å². The molecule has 212 valence electrons. The Morgan fingerprint density at radius 1 is 0.925 bits per heavy atom. The van der Waals surface area contributed by atoms with Gasteiger partial charge in [0.2, 0.25) is 17.7 Å². The molecule has 1 heterocycles. The lowest BCUT2D eigenvalue weighted by molar-refractivity contribution is -0.157. The highest BCUT2D eigenvalue weighted by atomic mass is 16.5. The fraction of sp³-hybridized carbons (Fsp3) is 0.452. The van der Waals surface area contributed by atoms with E-state index in [2.05, 4.69) is 28.9 Å². The Morgan fingerprint density at radius 2 is 1.62 bits per heavy atom. The summed E-state index contributed by atoms with van der Waals surface area (Å²) in [6.45, 7) is 5.50. The Morgan fingerprint density at radius 3 is 2.33 bits per heavy atom. The molecule has 0 aromatic heterocycles. The molecule has 3 rings (SSSR count). The minimum absolute atomic E-state index is 0.0577. The highest BCUT2D eigenvalue weighted by Crippen LogP contribution is 2.20. The van der Waals surface area contributed by atoms with E-state index in [0.29, 0.717) is 11.1 Å². The second-order valence-electron chi connectivity index (χ2n) is 10.4. The van der Waals surface area contributed by atoms with Crippen LogP contribution in [0.1, 0.15) is 63.1 Å². The summed E-state index contributed by atoms with van der Waals surface area (Å²) >= 11 is 0. The second kappa shape index (κ2) is 14.8. The number of benzene rings is 2. The molecule has 0 spiro atoms. The van der Waals surface area contributed by atoms with E-state index in [0.717, 1.165) is 24.8 Å². The van der Waals surface area contributed by atoms with Gasteiger partial charge in [0.05, 0.1) is 18.1 Å². The highest BCUT2D eigenvalue weighted by molar-refractivity contribution is 5.94. The Bertz CT molecular complexity index is 1230. The number of carbonyl (C=O) groups is 4. The number of rotatable bonds is 8. The maximum atomic E-state index is 13.4. The van der Waals surface area contributed by atoms with E-state index in [1.54, 1.807) is 24.3 Å². The number of nitriles is 1. The summed E-state index contributed by atoms with van der Waals surface area (Å²) in [4.78, 5) is 53.1. The topological polar surface area (TPSA) is 137 Å². The minimum atomic E-state index is -1.04. The van der Waals surface area contributed by atoms with Gasteiger partial charge in [0.15, 0.2) is 0 Å². The number of ether oxygens (including phenoxy) is 1. The van der Waals surface area contributed by atoms with Crippen LogP contribution in [0.2, 0.25) is 0 Å². The number of nitrogens with zero attached hydrogens (tertiary/aromatic N) is 1. The summed E-state index contributed by atoms with van der Waals surface area (Å²) in [5.74, 6) is -2.33. The van der Waals surface area contributed by atoms with Crippen molar-refractivity contribution in [1.29, 1.82) is 5.26 Å². The molecule has 0 bridgehead atoms. The third kappa shape index (κ3) is 8.67. The summed E-state index contributed by atoms with van der Waals surface area (Å²) in [5, 5.41) is 17.7. The maximum Gasteiger partial charge on any atom is 0.329 e. The average molecular weight is 547 g/mol. The van der Waals surface area contributed by atoms with Crippen LogP contribution in [0.15, 0.2) is 54.6 Å². The van der Waals surface area contributed by atoms with E-state index >= 15 is 0 Å². The number of unbranched alkanes of at least 4 members (excludes halogenated alkanes) is 1. The first kappa shape index (κ1) is 30.4. The Kier molecular flexibility index (Phi) is 11.2. The van der Waals surface area contributed by atoms with Crippen molar-refractivity contribution >= 4 is 23.7 Å². The molecule has 1 aliphatic heterocycles. The van der Waals surface area contributed by atoms with Crippen molar-refractivity contribution in [1.82, 2.24) is 16.0 Å². The lowest BCUT2D eigenvalue weighted by Gasteiger charge is -2.27. The second-order valence-corrected chi connectivity index (χ2v) is 10.4. The molecular formula is C31H38N4O5. The van der Waals surface area contributed by atoms with Gasteiger partial charge in [-0.15, -0.1) is 0 Å². The van der Waals surface area contributed by atoms with Crippen LogP contribution in [0.5, 0.6) is 0 Å². The smallest absolute Gasteiger partial charge is 0.329 e. The van der Waals surface area contributed by atoms with Gasteiger partial charge >= 0.3 is 5.97 Å². The van der Waals surface area contributed by atoms with Crippen molar-refractivity contribution in [2.45, 2.75) is 83.5 Å². The molecule has 3 amide bonds. The maximum absolute atomic E-state index is 13.4. The molecule has 2 aromatic rings. The SMILES string of the molecule is CCCC[C@H](C)[C@H]1CC(=O)N[C@@H](Cc2ccccc2C#N)C(=O)N[C@@H](C)C(=O)N[C@H](Cc2ccccc2)C(=O)O1. The number of cyclic esters (lactones) is 1. The Balaban J connectivity index is 1.93. The van der Waals surface area contributed by atoms with Crippen LogP contribution in [0, 0.1) is 17.2 Å². The van der Waals surface area contributed by atoms with Crippen LogP contribution < -0.4 is 16.0 Å². The minimum Gasteiger partial charge on any atom is -0.460 e. The fourth-order valence-corrected chi connectivity index (χ4v) is 4.69. The van der Waals surface area contributed by atoms with Crippen LogP contribution in [0.3, 0.4) is 0 Å². The summed E-state index contributed by atoms with van der Waals surface area (Å²) in [7, 11) is 0. The van der Waals surface area contributed by atoms with Crippen LogP contribution in [-0.2, 0) is 36.8 Å². The predicted octanol–water partition coefficient (Wildman–Crippen LogP) is 2.96. The molecule has 1 aliphatic rings. The van der Waals surface area contributed by atoms with Crippen LogP contribution in [-0.4, -0.2) is 47.9 Å². The van der Waals surface area contributed by atoms with Crippen molar-refractivity contribution in [3.63, 3.8) is 0 Å². The molecule has 0 saturated carbocycles. The van der Waals surface area contributed by atoms with E-state index in [4.69, 9.17) is 4.74 Å². The fourth-order valence-electron chi connectivity index (χ4n) is 4.69. The molecule has 0 aliphatic carbocycles. The van der Waals surface area contributed by atoms with Gasteiger partial charge in [-0.1, -0.05) is 75.2 Å². The largest absolute Gasteiger partial charge is 0.460 e. The van der Waals surface area contributed by atoms with Crippen molar-refractivity contribution in [2.75, 3.05) is 0 Å². The van der Waals surface area contributed by atoms with Gasteiger partial charge < -0.3 is 20.7 Å². The highest BCUT2D eigenvalue weighted by Gasteiger charge is 2.33. The third-order valence-corrected chi connectivity index (χ3v) is 7.15. The van der Waals surface area contributed by atoms with Crippen LogP contribution >= 0.6 is 0 Å². The van der Waals surface area contributed by atoms with Crippen LogP contribution in [0.25, 0.3) is 0 Å². The first-order valence-electron chi connectivity index (χ1n) is 13.8. The standard InChI is InChI=1S/C31H38N4O5/c1-4-5-11-20(2)27-18-28(36)34-25(17-23-14-9-10-15-24(23)19-32)30(38)33-21(3)29(37)35-26(31(39)40-27)16-22-12-7-6-8-13-22/h6-10,12-15,20-21,25-27H,4-5,11,16-18H2,1-3H3,(H,33,38)(H,34,36)(H,35,37)/t20-,21-,25-,26+,27+/m0/s1. The molecule has 0 unspecified atom stereocenters. The van der Waals surface area contributed by atoms with Gasteiger partial charge in [-0.05, 0) is 36.5 Å². The third-order valence-electron chi connectivity index (χ3n) is 7.15. The molecule has 40 heavy (non-hydrogen) atoms. The van der Waals surface area contributed by atoms with Crippen molar-refractivity contribution < 1.29 is 23.9 Å². The zero-order valence-corrected chi connectivity index (χ0v) is 23.3. The average Bonchev–Trinajstić information content (AvgIpc) is 2.95. The van der Waals surface area contributed by atoms with Gasteiger partial charge in [-0.3, -0.25) is 14.4 Å². The molecular weight excluding hydrogens is 508 g/mol. The lowest BCUT2D eigenvalue weighted by atomic mass is 9.94. The Labute approximate surface area is 235 Å². The van der Waals surface area contributed by atoms with Crippen molar-refractivity contribution in [3.8, 4) is 6.07 Å². The molecule has 9 heteroatoms. The number of hydrogen-bond donors (Lipinski definition) is 3. The molecule has 3 N–H and O–H groups in total. The molecule has 5 atom stereocenters. The number of hydrogen-bond acceptors (Lipinski definition) is 6. The zero-order valence-electron chi connectivity index (χ0n) is 23.3. The number of amides is 3. The summed E-state index contributed by atoms with van der Waals surface area (Å²) < 4.78 is 5.92. The van der Waals surface area contributed by atoms with Crippen molar-refractivity contribution in [3.05, 3.63) is 71.3 Å². The van der Waals surface area contributed by atoms with Gasteiger partial charge in [0, 0.05) is 12.8 Å². The normalized spacial score (nSPS) is 23.1. The summed E-state index contributed by atoms with van der Waals surface area (Å²) in [6, 6.07) is 15.2. The van der Waals surface area contributed by atoms with Crippen molar-refractivity contribution in [2.24, 2.45) is 5.92 Å². The van der Waals surface area contributed by atoms with Gasteiger partial charge in [-0.2, -0.15) is 5.26 Å². The molecule has 2 aromatic carbocycles. The first-order valence-corrected chi connectivity index (χ1v) is 13.8. The van der Waals surface area contributed by atoms with E-state index < -0.39 is 47.9 Å².